The number of hydrogen-bond acceptors (Lipinski definition) is 4. The van der Waals surface area contributed by atoms with Gasteiger partial charge in [0.25, 0.3) is 0 Å². The van der Waals surface area contributed by atoms with Crippen LogP contribution in [0.2, 0.25) is 0 Å². The number of ether oxygens (including phenoxy) is 1. The second-order valence-corrected chi connectivity index (χ2v) is 3.91. The van der Waals surface area contributed by atoms with Gasteiger partial charge in [-0.25, -0.2) is 9.78 Å². The zero-order chi connectivity index (χ0) is 12.0. The number of aromatic nitrogens is 2. The third kappa shape index (κ3) is 4.25. The van der Waals surface area contributed by atoms with Gasteiger partial charge in [0.05, 0.1) is 6.61 Å². The molecule has 0 fully saturated rings. The molecule has 0 saturated carbocycles. The molecule has 0 bridgehead atoms. The van der Waals surface area contributed by atoms with Crippen LogP contribution >= 0.6 is 0 Å². The maximum absolute atomic E-state index is 10.6. The highest BCUT2D eigenvalue weighted by molar-refractivity contribution is 5.85. The van der Waals surface area contributed by atoms with Gasteiger partial charge in [0.2, 0.25) is 0 Å². The van der Waals surface area contributed by atoms with Crippen molar-refractivity contribution in [2.24, 2.45) is 5.92 Å². The van der Waals surface area contributed by atoms with E-state index in [1.807, 2.05) is 0 Å². The van der Waals surface area contributed by atoms with E-state index in [4.69, 9.17) is 9.84 Å². The Labute approximate surface area is 94.5 Å². The van der Waals surface area contributed by atoms with Gasteiger partial charge in [-0.05, 0) is 24.8 Å². The molecule has 0 radical (unpaired) electrons. The van der Waals surface area contributed by atoms with Gasteiger partial charge in [0.15, 0.2) is 5.69 Å². The molecule has 0 spiro atoms. The van der Waals surface area contributed by atoms with E-state index in [1.165, 1.54) is 12.3 Å². The summed E-state index contributed by atoms with van der Waals surface area (Å²) in [5, 5.41) is 8.71. The Bertz CT molecular complexity index is 353. The molecule has 1 aromatic heterocycles. The molecule has 0 saturated heterocycles. The first-order valence-corrected chi connectivity index (χ1v) is 5.28. The van der Waals surface area contributed by atoms with Gasteiger partial charge in [-0.15, -0.1) is 0 Å². The highest BCUT2D eigenvalue weighted by atomic mass is 16.5. The van der Waals surface area contributed by atoms with Gasteiger partial charge in [-0.1, -0.05) is 13.8 Å². The van der Waals surface area contributed by atoms with Crippen molar-refractivity contribution >= 4 is 5.97 Å². The van der Waals surface area contributed by atoms with E-state index in [0.717, 1.165) is 12.8 Å². The highest BCUT2D eigenvalue weighted by Crippen LogP contribution is 2.06. The van der Waals surface area contributed by atoms with Crippen LogP contribution < -0.4 is 4.74 Å². The molecule has 88 valence electrons. The second kappa shape index (κ2) is 6.05. The molecule has 1 N–H and O–H groups in total. The third-order valence-corrected chi connectivity index (χ3v) is 2.01. The molecule has 0 aliphatic carbocycles. The number of carboxylic acid groups (broad SMARTS) is 1. The van der Waals surface area contributed by atoms with E-state index in [0.29, 0.717) is 12.5 Å². The van der Waals surface area contributed by atoms with Crippen LogP contribution in [0.1, 0.15) is 37.2 Å². The Morgan fingerprint density at radius 2 is 2.31 bits per heavy atom. The van der Waals surface area contributed by atoms with Crippen LogP contribution in [-0.2, 0) is 0 Å². The number of nitrogens with zero attached hydrogens (tertiary/aromatic N) is 2. The van der Waals surface area contributed by atoms with E-state index in [1.54, 1.807) is 0 Å². The lowest BCUT2D eigenvalue weighted by molar-refractivity contribution is 0.0688. The molecule has 1 aromatic rings. The molecule has 16 heavy (non-hydrogen) atoms. The zero-order valence-corrected chi connectivity index (χ0v) is 9.51. The smallest absolute Gasteiger partial charge is 0.354 e. The van der Waals surface area contributed by atoms with Crippen LogP contribution in [0.25, 0.3) is 0 Å². The van der Waals surface area contributed by atoms with Crippen molar-refractivity contribution in [1.29, 1.82) is 0 Å². The van der Waals surface area contributed by atoms with Crippen LogP contribution in [0.5, 0.6) is 6.01 Å². The average molecular weight is 224 g/mol. The van der Waals surface area contributed by atoms with Crippen molar-refractivity contribution in [3.8, 4) is 6.01 Å². The predicted octanol–water partition coefficient (Wildman–Crippen LogP) is 1.99. The van der Waals surface area contributed by atoms with E-state index in [-0.39, 0.29) is 11.7 Å². The summed E-state index contributed by atoms with van der Waals surface area (Å²) in [6.07, 6.45) is 3.37. The second-order valence-electron chi connectivity index (χ2n) is 3.91. The summed E-state index contributed by atoms with van der Waals surface area (Å²) in [6, 6.07) is 1.47. The quantitative estimate of drug-likeness (QED) is 0.748. The highest BCUT2D eigenvalue weighted by Gasteiger charge is 2.06. The minimum absolute atomic E-state index is 0.0474. The first-order valence-electron chi connectivity index (χ1n) is 5.28. The van der Waals surface area contributed by atoms with Gasteiger partial charge >= 0.3 is 12.0 Å². The lowest BCUT2D eigenvalue weighted by Gasteiger charge is -2.06. The Hall–Kier alpha value is -1.65. The molecule has 0 unspecified atom stereocenters. The average Bonchev–Trinajstić information content (AvgIpc) is 2.24. The Balaban J connectivity index is 2.42. The van der Waals surface area contributed by atoms with Crippen molar-refractivity contribution < 1.29 is 14.6 Å². The summed E-state index contributed by atoms with van der Waals surface area (Å²) in [5.41, 5.74) is -0.0474. The van der Waals surface area contributed by atoms with Crippen LogP contribution in [0.15, 0.2) is 12.3 Å². The van der Waals surface area contributed by atoms with Crippen molar-refractivity contribution in [1.82, 2.24) is 9.97 Å². The van der Waals surface area contributed by atoms with Crippen molar-refractivity contribution in [3.05, 3.63) is 18.0 Å². The standard InChI is InChI=1S/C11H16N2O3/c1-8(2)4-3-7-16-11-12-6-5-9(13-11)10(14)15/h5-6,8H,3-4,7H2,1-2H3,(H,14,15). The minimum atomic E-state index is -1.07. The summed E-state index contributed by atoms with van der Waals surface area (Å²) < 4.78 is 5.26. The van der Waals surface area contributed by atoms with Gasteiger partial charge in [0, 0.05) is 6.20 Å². The fourth-order valence-corrected chi connectivity index (χ4v) is 1.18. The molecule has 5 heteroatoms. The number of hydrogen-bond donors (Lipinski definition) is 1. The fraction of sp³-hybridized carbons (Fsp3) is 0.545. The Morgan fingerprint density at radius 3 is 2.94 bits per heavy atom. The summed E-state index contributed by atoms with van der Waals surface area (Å²) >= 11 is 0. The van der Waals surface area contributed by atoms with Crippen molar-refractivity contribution in [2.45, 2.75) is 26.7 Å². The van der Waals surface area contributed by atoms with Gasteiger partial charge in [-0.2, -0.15) is 4.98 Å². The van der Waals surface area contributed by atoms with Crippen LogP contribution in [0.3, 0.4) is 0 Å². The minimum Gasteiger partial charge on any atom is -0.477 e. The first-order chi connectivity index (χ1) is 7.59. The van der Waals surface area contributed by atoms with Gasteiger partial charge in [0.1, 0.15) is 0 Å². The van der Waals surface area contributed by atoms with Crippen LogP contribution in [0, 0.1) is 5.92 Å². The number of carboxylic acids is 1. The third-order valence-electron chi connectivity index (χ3n) is 2.01. The lowest BCUT2D eigenvalue weighted by atomic mass is 10.1. The normalized spacial score (nSPS) is 10.4. The number of carbonyl (C=O) groups is 1. The molecule has 0 aliphatic rings. The molecule has 0 aromatic carbocycles. The SMILES string of the molecule is CC(C)CCCOc1nccc(C(=O)O)n1. The summed E-state index contributed by atoms with van der Waals surface area (Å²) in [4.78, 5) is 18.2. The topological polar surface area (TPSA) is 72.3 Å². The Kier molecular flexibility index (Phi) is 4.69. The molecule has 0 amide bonds. The molecule has 0 atom stereocenters. The molecule has 1 heterocycles. The van der Waals surface area contributed by atoms with Gasteiger partial charge < -0.3 is 9.84 Å². The Morgan fingerprint density at radius 1 is 1.56 bits per heavy atom. The monoisotopic (exact) mass is 224 g/mol. The van der Waals surface area contributed by atoms with E-state index in [9.17, 15) is 4.79 Å². The maximum atomic E-state index is 10.6. The molecule has 5 nitrogen and oxygen atoms in total. The summed E-state index contributed by atoms with van der Waals surface area (Å²) in [6.45, 7) is 4.80. The summed E-state index contributed by atoms with van der Waals surface area (Å²) in [5.74, 6) is -0.440. The molecule has 1 rings (SSSR count). The number of aromatic carboxylic acids is 1. The van der Waals surface area contributed by atoms with Crippen molar-refractivity contribution in [3.63, 3.8) is 0 Å². The first kappa shape index (κ1) is 12.4. The molecular formula is C11H16N2O3. The van der Waals surface area contributed by atoms with Crippen LogP contribution in [-0.4, -0.2) is 27.7 Å². The fourth-order valence-electron chi connectivity index (χ4n) is 1.18. The predicted molar refractivity (Wildman–Crippen MR) is 58.6 cm³/mol. The summed E-state index contributed by atoms with van der Waals surface area (Å²) in [7, 11) is 0. The van der Waals surface area contributed by atoms with E-state index < -0.39 is 5.97 Å². The van der Waals surface area contributed by atoms with Crippen LogP contribution in [0.4, 0.5) is 0 Å². The molecular weight excluding hydrogens is 208 g/mol. The van der Waals surface area contributed by atoms with E-state index >= 15 is 0 Å². The van der Waals surface area contributed by atoms with Crippen molar-refractivity contribution in [2.75, 3.05) is 6.61 Å². The largest absolute Gasteiger partial charge is 0.477 e. The maximum Gasteiger partial charge on any atom is 0.354 e. The van der Waals surface area contributed by atoms with Gasteiger partial charge in [-0.3, -0.25) is 0 Å². The number of rotatable bonds is 6. The molecule has 0 aliphatic heterocycles. The lowest BCUT2D eigenvalue weighted by Crippen LogP contribution is -2.06. The zero-order valence-electron chi connectivity index (χ0n) is 9.51. The van der Waals surface area contributed by atoms with E-state index in [2.05, 4.69) is 23.8 Å².